The number of methoxy groups -OCH3 is 2. The molecule has 0 aliphatic carbocycles. The van der Waals surface area contributed by atoms with Crippen LogP contribution in [-0.4, -0.2) is 42.0 Å². The van der Waals surface area contributed by atoms with E-state index in [4.69, 9.17) is 9.47 Å². The molecule has 1 aromatic carbocycles. The molecule has 0 saturated heterocycles. The van der Waals surface area contributed by atoms with Crippen molar-refractivity contribution in [1.82, 2.24) is 10.2 Å². The van der Waals surface area contributed by atoms with E-state index in [-0.39, 0.29) is 23.5 Å². The van der Waals surface area contributed by atoms with Gasteiger partial charge >= 0.3 is 0 Å². The Kier molecular flexibility index (Phi) is 8.52. The van der Waals surface area contributed by atoms with Gasteiger partial charge in [-0.25, -0.2) is 0 Å². The second-order valence-electron chi connectivity index (χ2n) is 5.78. The highest BCUT2D eigenvalue weighted by Crippen LogP contribution is 2.30. The summed E-state index contributed by atoms with van der Waals surface area (Å²) in [5.74, 6) is 1.00. The lowest BCUT2D eigenvalue weighted by molar-refractivity contribution is -0.120. The van der Waals surface area contributed by atoms with E-state index in [0.717, 1.165) is 12.8 Å². The zero-order valence-electron chi connectivity index (χ0n) is 16.3. The fraction of sp³-hybridized carbons (Fsp3) is 0.444. The molecule has 0 unspecified atom stereocenters. The number of hydrogen-bond donors (Lipinski definition) is 2. The minimum atomic E-state index is -0.214. The molecule has 8 nitrogen and oxygen atoms in total. The van der Waals surface area contributed by atoms with Gasteiger partial charge in [-0.05, 0) is 25.0 Å². The second kappa shape index (κ2) is 10.9. The molecule has 152 valence electrons. The van der Waals surface area contributed by atoms with Crippen molar-refractivity contribution in [3.63, 3.8) is 0 Å². The van der Waals surface area contributed by atoms with Gasteiger partial charge in [0.15, 0.2) is 4.34 Å². The first-order valence-electron chi connectivity index (χ1n) is 8.79. The van der Waals surface area contributed by atoms with Crippen molar-refractivity contribution in [2.75, 3.05) is 30.6 Å². The average molecular weight is 425 g/mol. The normalized spacial score (nSPS) is 10.6. The number of nitrogens with one attached hydrogen (secondary N) is 2. The number of thioether (sulfide) groups is 1. The van der Waals surface area contributed by atoms with Gasteiger partial charge in [0.2, 0.25) is 16.9 Å². The molecule has 0 bridgehead atoms. The van der Waals surface area contributed by atoms with Gasteiger partial charge in [-0.2, -0.15) is 0 Å². The van der Waals surface area contributed by atoms with Crippen LogP contribution in [0.4, 0.5) is 10.8 Å². The lowest BCUT2D eigenvalue weighted by Crippen LogP contribution is -2.21. The molecule has 0 aliphatic rings. The minimum Gasteiger partial charge on any atom is -0.497 e. The average Bonchev–Trinajstić information content (AvgIpc) is 3.14. The van der Waals surface area contributed by atoms with E-state index in [1.54, 1.807) is 25.3 Å². The smallest absolute Gasteiger partial charge is 0.234 e. The molecule has 0 saturated carbocycles. The van der Waals surface area contributed by atoms with E-state index in [9.17, 15) is 9.59 Å². The van der Waals surface area contributed by atoms with E-state index in [0.29, 0.717) is 26.7 Å². The Morgan fingerprint density at radius 3 is 2.54 bits per heavy atom. The maximum atomic E-state index is 12.3. The molecule has 1 heterocycles. The summed E-state index contributed by atoms with van der Waals surface area (Å²) < 4.78 is 11.0. The number of carbonyl (C=O) groups is 2. The first-order valence-corrected chi connectivity index (χ1v) is 10.6. The predicted octanol–water partition coefficient (Wildman–Crippen LogP) is 3.66. The Balaban J connectivity index is 1.90. The van der Waals surface area contributed by atoms with Crippen LogP contribution in [0.3, 0.4) is 0 Å². The van der Waals surface area contributed by atoms with E-state index in [2.05, 4.69) is 20.8 Å². The Hall–Kier alpha value is -2.33. The van der Waals surface area contributed by atoms with Crippen LogP contribution in [0.15, 0.2) is 22.5 Å². The Morgan fingerprint density at radius 1 is 1.14 bits per heavy atom. The zero-order chi connectivity index (χ0) is 20.5. The van der Waals surface area contributed by atoms with Crippen molar-refractivity contribution in [1.29, 1.82) is 0 Å². The maximum Gasteiger partial charge on any atom is 0.234 e. The lowest BCUT2D eigenvalue weighted by Gasteiger charge is -2.11. The first-order chi connectivity index (χ1) is 13.5. The fourth-order valence-electron chi connectivity index (χ4n) is 2.41. The molecule has 0 fully saturated rings. The van der Waals surface area contributed by atoms with E-state index in [1.165, 1.54) is 30.2 Å². The molecule has 0 atom stereocenters. The molecular weight excluding hydrogens is 400 g/mol. The van der Waals surface area contributed by atoms with Crippen LogP contribution < -0.4 is 20.1 Å². The number of hydrogen-bond acceptors (Lipinski definition) is 8. The monoisotopic (exact) mass is 424 g/mol. The van der Waals surface area contributed by atoms with Crippen molar-refractivity contribution in [2.24, 2.45) is 5.92 Å². The molecule has 2 rings (SSSR count). The SMILES string of the molecule is CCC(CC)C(=O)Nc1nnc(SCC(=O)Nc2cc(OC)ccc2OC)s1. The molecule has 2 amide bonds. The summed E-state index contributed by atoms with van der Waals surface area (Å²) in [5, 5.41) is 14.0. The number of rotatable bonds is 10. The summed E-state index contributed by atoms with van der Waals surface area (Å²) in [4.78, 5) is 24.4. The van der Waals surface area contributed by atoms with Crippen LogP contribution in [0.1, 0.15) is 26.7 Å². The summed E-state index contributed by atoms with van der Waals surface area (Å²) in [6, 6.07) is 5.17. The number of anilines is 2. The first kappa shape index (κ1) is 22.0. The van der Waals surface area contributed by atoms with Gasteiger partial charge in [-0.3, -0.25) is 9.59 Å². The molecule has 2 N–H and O–H groups in total. The predicted molar refractivity (Wildman–Crippen MR) is 112 cm³/mol. The van der Waals surface area contributed by atoms with E-state index < -0.39 is 0 Å². The third kappa shape index (κ3) is 6.10. The number of aromatic nitrogens is 2. The lowest BCUT2D eigenvalue weighted by atomic mass is 10.0. The summed E-state index contributed by atoms with van der Waals surface area (Å²) >= 11 is 2.49. The van der Waals surface area contributed by atoms with Crippen LogP contribution in [0.2, 0.25) is 0 Å². The number of carbonyl (C=O) groups excluding carboxylic acids is 2. The van der Waals surface area contributed by atoms with Crippen LogP contribution in [0, 0.1) is 5.92 Å². The molecule has 0 aliphatic heterocycles. The Bertz CT molecular complexity index is 809. The van der Waals surface area contributed by atoms with Gasteiger partial charge in [0.05, 0.1) is 25.7 Å². The summed E-state index contributed by atoms with van der Waals surface area (Å²) in [6.45, 7) is 3.95. The minimum absolute atomic E-state index is 0.0383. The summed E-state index contributed by atoms with van der Waals surface area (Å²) in [7, 11) is 3.09. The van der Waals surface area contributed by atoms with Crippen molar-refractivity contribution in [3.8, 4) is 11.5 Å². The van der Waals surface area contributed by atoms with Crippen LogP contribution in [0.5, 0.6) is 11.5 Å². The highest BCUT2D eigenvalue weighted by Gasteiger charge is 2.17. The standard InChI is InChI=1S/C18H24N4O4S2/c1-5-11(6-2)16(24)20-17-21-22-18(28-17)27-10-15(23)19-13-9-12(25-3)7-8-14(13)26-4/h7-9,11H,5-6,10H2,1-4H3,(H,19,23)(H,20,21,24). The third-order valence-corrected chi connectivity index (χ3v) is 5.97. The van der Waals surface area contributed by atoms with Gasteiger partial charge in [-0.1, -0.05) is 36.9 Å². The van der Waals surface area contributed by atoms with Crippen molar-refractivity contribution in [2.45, 2.75) is 31.0 Å². The molecule has 2 aromatic rings. The molecule has 1 aromatic heterocycles. The number of benzene rings is 1. The Morgan fingerprint density at radius 2 is 1.89 bits per heavy atom. The number of ether oxygens (including phenoxy) is 2. The summed E-state index contributed by atoms with van der Waals surface area (Å²) in [6.07, 6.45) is 1.55. The van der Waals surface area contributed by atoms with Crippen LogP contribution in [-0.2, 0) is 9.59 Å². The fourth-order valence-corrected chi connectivity index (χ4v) is 3.97. The number of nitrogens with zero attached hydrogens (tertiary/aromatic N) is 2. The number of amides is 2. The summed E-state index contributed by atoms with van der Waals surface area (Å²) in [5.41, 5.74) is 0.530. The molecule has 0 spiro atoms. The zero-order valence-corrected chi connectivity index (χ0v) is 17.9. The second-order valence-corrected chi connectivity index (χ2v) is 7.98. The molecular formula is C18H24N4O4S2. The molecule has 0 radical (unpaired) electrons. The van der Waals surface area contributed by atoms with Crippen LogP contribution in [0.25, 0.3) is 0 Å². The maximum absolute atomic E-state index is 12.3. The molecule has 10 heteroatoms. The Labute approximate surface area is 172 Å². The van der Waals surface area contributed by atoms with Gasteiger partial charge < -0.3 is 20.1 Å². The van der Waals surface area contributed by atoms with Gasteiger partial charge in [-0.15, -0.1) is 10.2 Å². The van der Waals surface area contributed by atoms with Crippen molar-refractivity contribution in [3.05, 3.63) is 18.2 Å². The topological polar surface area (TPSA) is 102 Å². The molecule has 28 heavy (non-hydrogen) atoms. The highest BCUT2D eigenvalue weighted by molar-refractivity contribution is 8.01. The van der Waals surface area contributed by atoms with Crippen molar-refractivity contribution >= 4 is 45.7 Å². The van der Waals surface area contributed by atoms with Crippen molar-refractivity contribution < 1.29 is 19.1 Å². The highest BCUT2D eigenvalue weighted by atomic mass is 32.2. The quantitative estimate of drug-likeness (QED) is 0.443. The van der Waals surface area contributed by atoms with Gasteiger partial charge in [0.25, 0.3) is 0 Å². The van der Waals surface area contributed by atoms with E-state index in [1.807, 2.05) is 13.8 Å². The van der Waals surface area contributed by atoms with Crippen LogP contribution >= 0.6 is 23.1 Å². The van der Waals surface area contributed by atoms with Gasteiger partial charge in [0, 0.05) is 12.0 Å². The van der Waals surface area contributed by atoms with E-state index >= 15 is 0 Å². The third-order valence-electron chi connectivity index (χ3n) is 4.00. The largest absolute Gasteiger partial charge is 0.497 e. The van der Waals surface area contributed by atoms with Gasteiger partial charge in [0.1, 0.15) is 11.5 Å².